The molecule has 0 aliphatic rings. The fourth-order valence-corrected chi connectivity index (χ4v) is 1.23. The number of aromatic nitrogens is 1. The van der Waals surface area contributed by atoms with Crippen LogP contribution in [0.3, 0.4) is 0 Å². The second-order valence-electron chi connectivity index (χ2n) is 3.42. The van der Waals surface area contributed by atoms with Crippen LogP contribution in [0.25, 0.3) is 0 Å². The van der Waals surface area contributed by atoms with Crippen molar-refractivity contribution in [3.8, 4) is 0 Å². The Labute approximate surface area is 93.6 Å². The van der Waals surface area contributed by atoms with Gasteiger partial charge in [0.05, 0.1) is 18.4 Å². The number of hydrogen-bond donors (Lipinski definition) is 2. The molecule has 0 aliphatic heterocycles. The van der Waals surface area contributed by atoms with Crippen LogP contribution in [0.4, 0.5) is 0 Å². The van der Waals surface area contributed by atoms with Gasteiger partial charge in [-0.15, -0.1) is 0 Å². The van der Waals surface area contributed by atoms with Gasteiger partial charge in [-0.1, -0.05) is 0 Å². The van der Waals surface area contributed by atoms with Crippen LogP contribution in [0, 0.1) is 6.92 Å². The smallest absolute Gasteiger partial charge is 0.288 e. The molecule has 1 aromatic heterocycles. The molecule has 6 nitrogen and oxygen atoms in total. The van der Waals surface area contributed by atoms with Crippen LogP contribution in [0.5, 0.6) is 0 Å². The quantitative estimate of drug-likeness (QED) is 0.722. The van der Waals surface area contributed by atoms with Crippen LogP contribution in [-0.2, 0) is 4.74 Å². The van der Waals surface area contributed by atoms with Gasteiger partial charge < -0.3 is 19.6 Å². The Morgan fingerprint density at radius 1 is 1.75 bits per heavy atom. The lowest BCUT2D eigenvalue weighted by Crippen LogP contribution is -2.28. The molecule has 0 bridgehead atoms. The highest BCUT2D eigenvalue weighted by molar-refractivity contribution is 5.92. The average molecular weight is 228 g/mol. The van der Waals surface area contributed by atoms with E-state index in [1.54, 1.807) is 6.92 Å². The van der Waals surface area contributed by atoms with Gasteiger partial charge in [-0.2, -0.15) is 0 Å². The highest BCUT2D eigenvalue weighted by atomic mass is 16.5. The Morgan fingerprint density at radius 3 is 3.06 bits per heavy atom. The van der Waals surface area contributed by atoms with Crippen molar-refractivity contribution in [3.05, 3.63) is 17.8 Å². The van der Waals surface area contributed by atoms with Crippen LogP contribution in [0.2, 0.25) is 0 Å². The van der Waals surface area contributed by atoms with Crippen molar-refractivity contribution >= 4 is 5.91 Å². The fourth-order valence-electron chi connectivity index (χ4n) is 1.23. The Kier molecular flexibility index (Phi) is 4.94. The van der Waals surface area contributed by atoms with Crippen molar-refractivity contribution in [2.24, 2.45) is 0 Å². The van der Waals surface area contributed by atoms with Gasteiger partial charge in [-0.05, 0) is 13.3 Å². The van der Waals surface area contributed by atoms with Crippen molar-refractivity contribution in [1.82, 2.24) is 10.3 Å². The number of aliphatic hydroxyl groups excluding tert-OH is 1. The highest BCUT2D eigenvalue weighted by Crippen LogP contribution is 2.04. The van der Waals surface area contributed by atoms with E-state index in [9.17, 15) is 9.90 Å². The summed E-state index contributed by atoms with van der Waals surface area (Å²) in [6.45, 7) is 2.32. The zero-order chi connectivity index (χ0) is 12.0. The molecule has 0 aliphatic carbocycles. The minimum atomic E-state index is -0.568. The molecule has 0 saturated heterocycles. The van der Waals surface area contributed by atoms with E-state index < -0.39 is 6.10 Å². The molecular formula is C10H16N2O4. The topological polar surface area (TPSA) is 84.6 Å². The van der Waals surface area contributed by atoms with Gasteiger partial charge in [0.25, 0.3) is 5.91 Å². The van der Waals surface area contributed by atoms with Crippen LogP contribution >= 0.6 is 0 Å². The first-order valence-electron chi connectivity index (χ1n) is 5.00. The lowest BCUT2D eigenvalue weighted by molar-refractivity contribution is 0.0586. The molecule has 16 heavy (non-hydrogen) atoms. The Bertz CT molecular complexity index is 337. The second kappa shape index (κ2) is 6.24. The molecule has 1 amide bonds. The van der Waals surface area contributed by atoms with Crippen molar-refractivity contribution in [2.45, 2.75) is 19.4 Å². The van der Waals surface area contributed by atoms with Gasteiger partial charge in [0.2, 0.25) is 5.76 Å². The normalized spacial score (nSPS) is 12.4. The average Bonchev–Trinajstić information content (AvgIpc) is 2.64. The number of nitrogens with one attached hydrogen (secondary N) is 1. The Hall–Kier alpha value is -1.40. The predicted octanol–water partition coefficient (Wildman–Crippen LogP) is 0.110. The first-order valence-corrected chi connectivity index (χ1v) is 5.00. The van der Waals surface area contributed by atoms with Crippen molar-refractivity contribution in [3.63, 3.8) is 0 Å². The molecule has 0 aromatic carbocycles. The molecule has 0 radical (unpaired) electrons. The third-order valence-corrected chi connectivity index (χ3v) is 2.07. The molecule has 0 saturated carbocycles. The molecule has 0 spiro atoms. The van der Waals surface area contributed by atoms with Crippen molar-refractivity contribution in [2.75, 3.05) is 20.3 Å². The number of nitrogens with zero attached hydrogens (tertiary/aromatic N) is 1. The summed E-state index contributed by atoms with van der Waals surface area (Å²) in [6.07, 6.45) is 1.10. The lowest BCUT2D eigenvalue weighted by atomic mass is 10.2. The maximum absolute atomic E-state index is 11.5. The molecule has 2 N–H and O–H groups in total. The largest absolute Gasteiger partial charge is 0.438 e. The maximum atomic E-state index is 11.5. The zero-order valence-corrected chi connectivity index (χ0v) is 9.40. The van der Waals surface area contributed by atoms with Crippen LogP contribution in [0.15, 0.2) is 10.8 Å². The first-order chi connectivity index (χ1) is 7.65. The van der Waals surface area contributed by atoms with Crippen molar-refractivity contribution < 1.29 is 19.1 Å². The van der Waals surface area contributed by atoms with Gasteiger partial charge in [-0.3, -0.25) is 4.79 Å². The van der Waals surface area contributed by atoms with Gasteiger partial charge in [0.15, 0.2) is 6.39 Å². The second-order valence-corrected chi connectivity index (χ2v) is 3.42. The number of aryl methyl sites for hydroxylation is 1. The molecular weight excluding hydrogens is 212 g/mol. The van der Waals surface area contributed by atoms with E-state index in [4.69, 9.17) is 9.15 Å². The van der Waals surface area contributed by atoms with Gasteiger partial charge >= 0.3 is 0 Å². The number of oxazole rings is 1. The predicted molar refractivity (Wildman–Crippen MR) is 56.1 cm³/mol. The van der Waals surface area contributed by atoms with E-state index >= 15 is 0 Å². The summed E-state index contributed by atoms with van der Waals surface area (Å²) < 4.78 is 9.68. The maximum Gasteiger partial charge on any atom is 0.288 e. The zero-order valence-electron chi connectivity index (χ0n) is 9.40. The van der Waals surface area contributed by atoms with Crippen LogP contribution < -0.4 is 5.32 Å². The SMILES string of the molecule is COCC(O)CCNC(=O)c1ocnc1C. The molecule has 0 fully saturated rings. The summed E-state index contributed by atoms with van der Waals surface area (Å²) in [7, 11) is 1.51. The number of methoxy groups -OCH3 is 1. The number of hydrogen-bond acceptors (Lipinski definition) is 5. The van der Waals surface area contributed by atoms with E-state index in [2.05, 4.69) is 10.3 Å². The molecule has 90 valence electrons. The number of carbonyl (C=O) groups is 1. The van der Waals surface area contributed by atoms with E-state index in [-0.39, 0.29) is 18.3 Å². The minimum Gasteiger partial charge on any atom is -0.438 e. The summed E-state index contributed by atoms with van der Waals surface area (Å²) >= 11 is 0. The third-order valence-electron chi connectivity index (χ3n) is 2.07. The summed E-state index contributed by atoms with van der Waals surface area (Å²) in [4.78, 5) is 15.3. The van der Waals surface area contributed by atoms with E-state index in [1.807, 2.05) is 0 Å². The number of amides is 1. The summed E-state index contributed by atoms with van der Waals surface area (Å²) in [5.74, 6) is -0.110. The Balaban J connectivity index is 2.29. The molecule has 6 heteroatoms. The molecule has 1 atom stereocenters. The summed E-state index contributed by atoms with van der Waals surface area (Å²) in [5.41, 5.74) is 0.551. The van der Waals surface area contributed by atoms with E-state index in [1.165, 1.54) is 13.5 Å². The van der Waals surface area contributed by atoms with Crippen molar-refractivity contribution in [1.29, 1.82) is 0 Å². The number of rotatable bonds is 6. The van der Waals surface area contributed by atoms with Gasteiger partial charge in [0.1, 0.15) is 0 Å². The van der Waals surface area contributed by atoms with Gasteiger partial charge in [0, 0.05) is 13.7 Å². The highest BCUT2D eigenvalue weighted by Gasteiger charge is 2.13. The monoisotopic (exact) mass is 228 g/mol. The van der Waals surface area contributed by atoms with Gasteiger partial charge in [-0.25, -0.2) is 4.98 Å². The minimum absolute atomic E-state index is 0.209. The summed E-state index contributed by atoms with van der Waals surface area (Å²) in [6, 6.07) is 0. The van der Waals surface area contributed by atoms with Crippen LogP contribution in [0.1, 0.15) is 22.7 Å². The first kappa shape index (κ1) is 12.7. The fraction of sp³-hybridized carbons (Fsp3) is 0.600. The number of carbonyl (C=O) groups excluding carboxylic acids is 1. The number of aliphatic hydroxyl groups is 1. The molecule has 1 heterocycles. The van der Waals surface area contributed by atoms with E-state index in [0.29, 0.717) is 18.7 Å². The molecule has 1 rings (SSSR count). The molecule has 1 aromatic rings. The van der Waals surface area contributed by atoms with Crippen LogP contribution in [-0.4, -0.2) is 42.4 Å². The molecule has 1 unspecified atom stereocenters. The third kappa shape index (κ3) is 3.63. The lowest BCUT2D eigenvalue weighted by Gasteiger charge is -2.09. The van der Waals surface area contributed by atoms with E-state index in [0.717, 1.165) is 0 Å². The number of ether oxygens (including phenoxy) is 1. The Morgan fingerprint density at radius 2 is 2.50 bits per heavy atom. The standard InChI is InChI=1S/C10H16N2O4/c1-7-9(16-6-12-7)10(14)11-4-3-8(13)5-15-2/h6,8,13H,3-5H2,1-2H3,(H,11,14). The summed E-state index contributed by atoms with van der Waals surface area (Å²) in [5, 5.41) is 12.0.